The van der Waals surface area contributed by atoms with Crippen molar-refractivity contribution in [3.63, 3.8) is 0 Å². The highest BCUT2D eigenvalue weighted by Crippen LogP contribution is 2.17. The Hall–Kier alpha value is -1.79. The third kappa shape index (κ3) is 2.55. The van der Waals surface area contributed by atoms with E-state index in [-0.39, 0.29) is 5.91 Å². The molecule has 3 N–H and O–H groups in total. The molecule has 0 aromatic rings. The highest BCUT2D eigenvalue weighted by molar-refractivity contribution is 5.89. The van der Waals surface area contributed by atoms with Crippen LogP contribution in [0.15, 0.2) is 0 Å². The van der Waals surface area contributed by atoms with Gasteiger partial charge in [0, 0.05) is 13.1 Å². The van der Waals surface area contributed by atoms with Gasteiger partial charge in [-0.25, -0.2) is 9.59 Å². The van der Waals surface area contributed by atoms with Crippen LogP contribution in [0, 0.1) is 0 Å². The van der Waals surface area contributed by atoms with Crippen LogP contribution in [-0.2, 0) is 9.59 Å². The summed E-state index contributed by atoms with van der Waals surface area (Å²) in [4.78, 5) is 35.7. The maximum atomic E-state index is 11.9. The summed E-state index contributed by atoms with van der Waals surface area (Å²) in [5, 5.41) is 14.3. The van der Waals surface area contributed by atoms with Crippen molar-refractivity contribution >= 4 is 17.9 Å². The fraction of sp³-hybridized carbons (Fsp3) is 0.727. The maximum absolute atomic E-state index is 11.9. The number of hydrogen-bond donors (Lipinski definition) is 3. The van der Waals surface area contributed by atoms with Crippen LogP contribution in [0.1, 0.15) is 25.7 Å². The van der Waals surface area contributed by atoms with Crippen LogP contribution in [0.4, 0.5) is 4.79 Å². The zero-order valence-electron chi connectivity index (χ0n) is 10.0. The number of carbonyl (C=O) groups is 3. The molecule has 2 aliphatic heterocycles. The number of carboxylic acid groups (broad SMARTS) is 1. The molecule has 0 aliphatic carbocycles. The van der Waals surface area contributed by atoms with Crippen molar-refractivity contribution in [3.8, 4) is 0 Å². The van der Waals surface area contributed by atoms with Gasteiger partial charge < -0.3 is 20.6 Å². The van der Waals surface area contributed by atoms with E-state index in [4.69, 9.17) is 5.11 Å². The topological polar surface area (TPSA) is 98.7 Å². The Morgan fingerprint density at radius 2 is 2.11 bits per heavy atom. The van der Waals surface area contributed by atoms with Crippen LogP contribution in [0.5, 0.6) is 0 Å². The predicted molar refractivity (Wildman–Crippen MR) is 61.9 cm³/mol. The third-order valence-corrected chi connectivity index (χ3v) is 3.38. The van der Waals surface area contributed by atoms with Gasteiger partial charge in [-0.05, 0) is 25.7 Å². The molecule has 3 amide bonds. The molecule has 2 fully saturated rings. The maximum Gasteiger partial charge on any atom is 0.326 e. The second-order valence-corrected chi connectivity index (χ2v) is 4.62. The van der Waals surface area contributed by atoms with E-state index in [0.29, 0.717) is 32.4 Å². The zero-order chi connectivity index (χ0) is 13.1. The summed E-state index contributed by atoms with van der Waals surface area (Å²) in [6, 6.07) is -1.76. The van der Waals surface area contributed by atoms with E-state index in [1.807, 2.05) is 0 Å². The van der Waals surface area contributed by atoms with Crippen LogP contribution in [0.3, 0.4) is 0 Å². The summed E-state index contributed by atoms with van der Waals surface area (Å²) in [5.74, 6) is -1.18. The monoisotopic (exact) mass is 255 g/mol. The summed E-state index contributed by atoms with van der Waals surface area (Å²) >= 11 is 0. The van der Waals surface area contributed by atoms with E-state index in [1.54, 1.807) is 0 Å². The number of hydrogen-bond acceptors (Lipinski definition) is 3. The first-order valence-corrected chi connectivity index (χ1v) is 6.17. The molecule has 2 aliphatic rings. The number of aliphatic carboxylic acids is 1. The van der Waals surface area contributed by atoms with Gasteiger partial charge in [-0.1, -0.05) is 0 Å². The molecular weight excluding hydrogens is 238 g/mol. The molecule has 2 saturated heterocycles. The Bertz CT molecular complexity index is 371. The SMILES string of the molecule is O=C1NCCCC1NC(=O)N1CCC[C@H]1C(=O)O. The lowest BCUT2D eigenvalue weighted by Gasteiger charge is -2.27. The van der Waals surface area contributed by atoms with Crippen LogP contribution < -0.4 is 10.6 Å². The smallest absolute Gasteiger partial charge is 0.326 e. The highest BCUT2D eigenvalue weighted by Gasteiger charge is 2.35. The second kappa shape index (κ2) is 5.24. The molecule has 7 nitrogen and oxygen atoms in total. The number of carboxylic acids is 1. The van der Waals surface area contributed by atoms with Crippen molar-refractivity contribution < 1.29 is 19.5 Å². The average Bonchev–Trinajstić information content (AvgIpc) is 2.81. The normalized spacial score (nSPS) is 27.8. The Morgan fingerprint density at radius 1 is 1.33 bits per heavy atom. The van der Waals surface area contributed by atoms with E-state index in [1.165, 1.54) is 4.90 Å². The molecule has 2 heterocycles. The van der Waals surface area contributed by atoms with Gasteiger partial charge in [-0.2, -0.15) is 0 Å². The summed E-state index contributed by atoms with van der Waals surface area (Å²) < 4.78 is 0. The third-order valence-electron chi connectivity index (χ3n) is 3.38. The molecule has 0 aromatic heterocycles. The van der Waals surface area contributed by atoms with Gasteiger partial charge in [-0.15, -0.1) is 0 Å². The number of amides is 3. The first kappa shape index (κ1) is 12.7. The second-order valence-electron chi connectivity index (χ2n) is 4.62. The first-order valence-electron chi connectivity index (χ1n) is 6.17. The van der Waals surface area contributed by atoms with Crippen LogP contribution in [0.2, 0.25) is 0 Å². The van der Waals surface area contributed by atoms with Crippen molar-refractivity contribution in [3.05, 3.63) is 0 Å². The molecular formula is C11H17N3O4. The van der Waals surface area contributed by atoms with Crippen LogP contribution in [-0.4, -0.2) is 53.1 Å². The lowest BCUT2D eigenvalue weighted by atomic mass is 10.1. The Kier molecular flexibility index (Phi) is 3.69. The predicted octanol–water partition coefficient (Wildman–Crippen LogP) is -0.476. The largest absolute Gasteiger partial charge is 0.480 e. The van der Waals surface area contributed by atoms with Crippen molar-refractivity contribution in [2.75, 3.05) is 13.1 Å². The lowest BCUT2D eigenvalue weighted by Crippen LogP contribution is -2.55. The van der Waals surface area contributed by atoms with E-state index in [9.17, 15) is 14.4 Å². The average molecular weight is 255 g/mol. The molecule has 0 aromatic carbocycles. The number of likely N-dealkylation sites (tertiary alicyclic amines) is 1. The van der Waals surface area contributed by atoms with Crippen molar-refractivity contribution in [2.45, 2.75) is 37.8 Å². The number of nitrogens with one attached hydrogen (secondary N) is 2. The standard InChI is InChI=1S/C11H17N3O4/c15-9-7(3-1-5-12-9)13-11(18)14-6-2-4-8(14)10(16)17/h7-8H,1-6H2,(H,12,15)(H,13,18)(H,16,17)/t7?,8-/m0/s1. The Labute approximate surface area is 105 Å². The lowest BCUT2D eigenvalue weighted by molar-refractivity contribution is -0.141. The molecule has 0 bridgehead atoms. The summed E-state index contributed by atoms with van der Waals surface area (Å²) in [6.45, 7) is 1.06. The van der Waals surface area contributed by atoms with Gasteiger partial charge in [0.2, 0.25) is 5.91 Å². The number of nitrogens with zero attached hydrogens (tertiary/aromatic N) is 1. The Morgan fingerprint density at radius 3 is 2.78 bits per heavy atom. The molecule has 2 atom stereocenters. The summed E-state index contributed by atoms with van der Waals surface area (Å²) in [6.07, 6.45) is 2.57. The van der Waals surface area contributed by atoms with Gasteiger partial charge >= 0.3 is 12.0 Å². The van der Waals surface area contributed by atoms with E-state index in [2.05, 4.69) is 10.6 Å². The molecule has 1 unspecified atom stereocenters. The highest BCUT2D eigenvalue weighted by atomic mass is 16.4. The first-order chi connectivity index (χ1) is 8.59. The van der Waals surface area contributed by atoms with E-state index < -0.39 is 24.1 Å². The number of carbonyl (C=O) groups excluding carboxylic acids is 2. The fourth-order valence-electron chi connectivity index (χ4n) is 2.41. The van der Waals surface area contributed by atoms with Gasteiger partial charge in [0.05, 0.1) is 0 Å². The van der Waals surface area contributed by atoms with Crippen molar-refractivity contribution in [1.29, 1.82) is 0 Å². The van der Waals surface area contributed by atoms with Crippen molar-refractivity contribution in [1.82, 2.24) is 15.5 Å². The molecule has 0 radical (unpaired) electrons. The van der Waals surface area contributed by atoms with Gasteiger partial charge in [0.25, 0.3) is 0 Å². The minimum atomic E-state index is -0.990. The van der Waals surface area contributed by atoms with Gasteiger partial charge in [-0.3, -0.25) is 4.79 Å². The molecule has 0 spiro atoms. The Balaban J connectivity index is 1.94. The zero-order valence-corrected chi connectivity index (χ0v) is 10.0. The van der Waals surface area contributed by atoms with Crippen LogP contribution >= 0.6 is 0 Å². The molecule has 18 heavy (non-hydrogen) atoms. The number of urea groups is 1. The van der Waals surface area contributed by atoms with Gasteiger partial charge in [0.15, 0.2) is 0 Å². The minimum Gasteiger partial charge on any atom is -0.480 e. The molecule has 2 rings (SSSR count). The molecule has 100 valence electrons. The molecule has 0 saturated carbocycles. The number of piperidine rings is 1. The summed E-state index contributed by atoms with van der Waals surface area (Å²) in [5.41, 5.74) is 0. The van der Waals surface area contributed by atoms with Crippen LogP contribution in [0.25, 0.3) is 0 Å². The van der Waals surface area contributed by atoms with E-state index in [0.717, 1.165) is 6.42 Å². The fourth-order valence-corrected chi connectivity index (χ4v) is 2.41. The van der Waals surface area contributed by atoms with Crippen molar-refractivity contribution in [2.24, 2.45) is 0 Å². The number of rotatable bonds is 2. The van der Waals surface area contributed by atoms with Gasteiger partial charge in [0.1, 0.15) is 12.1 Å². The molecule has 7 heteroatoms. The minimum absolute atomic E-state index is 0.194. The van der Waals surface area contributed by atoms with E-state index >= 15 is 0 Å². The summed E-state index contributed by atoms with van der Waals surface area (Å²) in [7, 11) is 0. The quantitative estimate of drug-likeness (QED) is 0.621.